The lowest BCUT2D eigenvalue weighted by molar-refractivity contribution is -0.389. The molecule has 2 unspecified atom stereocenters. The van der Waals surface area contributed by atoms with Gasteiger partial charge in [-0.3, -0.25) is 0 Å². The summed E-state index contributed by atoms with van der Waals surface area (Å²) in [6, 6.07) is 0. The van der Waals surface area contributed by atoms with Crippen LogP contribution in [0, 0.1) is 0 Å². The molecule has 0 fully saturated rings. The Balaban J connectivity index is 5.84. The lowest BCUT2D eigenvalue weighted by Crippen LogP contribution is -2.64. The van der Waals surface area contributed by atoms with E-state index in [4.69, 9.17) is 0 Å². The van der Waals surface area contributed by atoms with Crippen LogP contribution < -0.4 is 0 Å². The van der Waals surface area contributed by atoms with E-state index in [-0.39, 0.29) is 0 Å². The number of hydrogen-bond acceptors (Lipinski definition) is 1. The molecule has 0 aliphatic heterocycles. The standard InChI is InChI=1S/C9H11F9O/c1-3-5(2,19)4-6(10,8(13,14)15)7(11,12)9(16,17)18/h19H,3-4H2,1-2H3. The van der Waals surface area contributed by atoms with Crippen molar-refractivity contribution in [1.29, 1.82) is 0 Å². The minimum absolute atomic E-state index is 0.541. The minimum Gasteiger partial charge on any atom is -0.390 e. The molecule has 0 aromatic carbocycles. The van der Waals surface area contributed by atoms with E-state index in [0.29, 0.717) is 6.92 Å². The van der Waals surface area contributed by atoms with Crippen LogP contribution in [0.1, 0.15) is 26.7 Å². The molecular formula is C9H11F9O. The Bertz CT molecular complexity index is 317. The molecule has 0 amide bonds. The second-order valence-corrected chi connectivity index (χ2v) is 4.40. The van der Waals surface area contributed by atoms with Crippen LogP contribution in [0.4, 0.5) is 39.5 Å². The molecule has 0 aliphatic carbocycles. The smallest absolute Gasteiger partial charge is 0.390 e. The summed E-state index contributed by atoms with van der Waals surface area (Å²) in [7, 11) is 0. The highest BCUT2D eigenvalue weighted by molar-refractivity contribution is 5.06. The summed E-state index contributed by atoms with van der Waals surface area (Å²) in [6.45, 7) is 1.56. The maximum Gasteiger partial charge on any atom is 0.457 e. The van der Waals surface area contributed by atoms with Crippen LogP contribution in [0.15, 0.2) is 0 Å². The van der Waals surface area contributed by atoms with Crippen molar-refractivity contribution in [3.8, 4) is 0 Å². The van der Waals surface area contributed by atoms with E-state index >= 15 is 0 Å². The monoisotopic (exact) mass is 306 g/mol. The quantitative estimate of drug-likeness (QED) is 0.778. The molecule has 1 N–H and O–H groups in total. The zero-order chi connectivity index (χ0) is 15.9. The Morgan fingerprint density at radius 1 is 0.789 bits per heavy atom. The van der Waals surface area contributed by atoms with Gasteiger partial charge in [0, 0.05) is 6.42 Å². The van der Waals surface area contributed by atoms with E-state index < -0.39 is 42.4 Å². The number of hydrogen-bond donors (Lipinski definition) is 1. The van der Waals surface area contributed by atoms with E-state index in [1.54, 1.807) is 0 Å². The van der Waals surface area contributed by atoms with Crippen LogP contribution in [-0.4, -0.2) is 34.7 Å². The van der Waals surface area contributed by atoms with Crippen molar-refractivity contribution >= 4 is 0 Å². The summed E-state index contributed by atoms with van der Waals surface area (Å²) in [4.78, 5) is 0. The molecule has 10 heteroatoms. The Morgan fingerprint density at radius 3 is 1.37 bits per heavy atom. The first kappa shape index (κ1) is 18.3. The van der Waals surface area contributed by atoms with Crippen LogP contribution in [-0.2, 0) is 0 Å². The molecule has 0 aromatic rings. The van der Waals surface area contributed by atoms with E-state index in [1.165, 1.54) is 0 Å². The summed E-state index contributed by atoms with van der Waals surface area (Å²) >= 11 is 0. The predicted molar refractivity (Wildman–Crippen MR) is 46.4 cm³/mol. The molecule has 0 aliphatic rings. The van der Waals surface area contributed by atoms with Crippen molar-refractivity contribution in [2.24, 2.45) is 0 Å². The highest BCUT2D eigenvalue weighted by atomic mass is 19.4. The molecule has 0 radical (unpaired) electrons. The first-order valence-corrected chi connectivity index (χ1v) is 4.94. The molecule has 116 valence electrons. The van der Waals surface area contributed by atoms with E-state index in [0.717, 1.165) is 6.92 Å². The van der Waals surface area contributed by atoms with Crippen molar-refractivity contribution < 1.29 is 44.6 Å². The van der Waals surface area contributed by atoms with Gasteiger partial charge in [-0.05, 0) is 13.3 Å². The van der Waals surface area contributed by atoms with Gasteiger partial charge in [-0.15, -0.1) is 0 Å². The first-order valence-electron chi connectivity index (χ1n) is 4.94. The Kier molecular flexibility index (Phi) is 4.54. The SMILES string of the molecule is CCC(C)(O)CC(F)(C(F)(F)F)C(F)(F)C(F)(F)F. The third kappa shape index (κ3) is 3.26. The maximum atomic E-state index is 13.5. The van der Waals surface area contributed by atoms with Gasteiger partial charge in [-0.25, -0.2) is 4.39 Å². The highest BCUT2D eigenvalue weighted by Gasteiger charge is 2.81. The van der Waals surface area contributed by atoms with Gasteiger partial charge in [0.2, 0.25) is 0 Å². The lowest BCUT2D eigenvalue weighted by atomic mass is 9.82. The molecule has 0 rings (SSSR count). The molecule has 0 aromatic heterocycles. The molecule has 1 nitrogen and oxygen atoms in total. The Morgan fingerprint density at radius 2 is 1.16 bits per heavy atom. The summed E-state index contributed by atoms with van der Waals surface area (Å²) in [6.07, 6.45) is -16.3. The van der Waals surface area contributed by atoms with Crippen LogP contribution in [0.3, 0.4) is 0 Å². The van der Waals surface area contributed by atoms with Crippen LogP contribution in [0.5, 0.6) is 0 Å². The van der Waals surface area contributed by atoms with Crippen LogP contribution in [0.2, 0.25) is 0 Å². The molecule has 0 spiro atoms. The fourth-order valence-electron chi connectivity index (χ4n) is 1.26. The van der Waals surface area contributed by atoms with Gasteiger partial charge in [0.1, 0.15) is 0 Å². The summed E-state index contributed by atoms with van der Waals surface area (Å²) in [5.41, 5.74) is -8.57. The molecule has 0 bridgehead atoms. The van der Waals surface area contributed by atoms with Gasteiger partial charge in [0.25, 0.3) is 5.67 Å². The Labute approximate surface area is 102 Å². The zero-order valence-corrected chi connectivity index (χ0v) is 9.76. The average molecular weight is 306 g/mol. The average Bonchev–Trinajstić information content (AvgIpc) is 2.13. The second kappa shape index (κ2) is 4.71. The summed E-state index contributed by atoms with van der Waals surface area (Å²) in [5, 5.41) is 9.21. The number of rotatable bonds is 4. The normalized spacial score (nSPS) is 20.8. The third-order valence-corrected chi connectivity index (χ3v) is 2.69. The van der Waals surface area contributed by atoms with E-state index in [1.807, 2.05) is 0 Å². The highest BCUT2D eigenvalue weighted by Crippen LogP contribution is 2.55. The molecule has 2 atom stereocenters. The van der Waals surface area contributed by atoms with Gasteiger partial charge in [-0.1, -0.05) is 6.92 Å². The van der Waals surface area contributed by atoms with Crippen LogP contribution in [0.25, 0.3) is 0 Å². The van der Waals surface area contributed by atoms with Crippen molar-refractivity contribution in [2.75, 3.05) is 0 Å². The molecular weight excluding hydrogens is 295 g/mol. The minimum atomic E-state index is -6.74. The van der Waals surface area contributed by atoms with E-state index in [9.17, 15) is 44.6 Å². The van der Waals surface area contributed by atoms with Crippen molar-refractivity contribution in [3.63, 3.8) is 0 Å². The molecule has 0 heterocycles. The number of aliphatic hydroxyl groups is 1. The third-order valence-electron chi connectivity index (χ3n) is 2.69. The van der Waals surface area contributed by atoms with Gasteiger partial charge < -0.3 is 5.11 Å². The number of halogens is 9. The summed E-state index contributed by atoms with van der Waals surface area (Å²) < 4.78 is 112. The lowest BCUT2D eigenvalue weighted by Gasteiger charge is -2.39. The maximum absolute atomic E-state index is 13.5. The molecule has 0 saturated carbocycles. The van der Waals surface area contributed by atoms with Crippen molar-refractivity contribution in [3.05, 3.63) is 0 Å². The van der Waals surface area contributed by atoms with Crippen molar-refractivity contribution in [2.45, 2.75) is 56.2 Å². The van der Waals surface area contributed by atoms with Crippen LogP contribution >= 0.6 is 0 Å². The molecule has 0 saturated heterocycles. The molecule has 19 heavy (non-hydrogen) atoms. The number of alkyl halides is 9. The summed E-state index contributed by atoms with van der Waals surface area (Å²) in [5.74, 6) is -6.67. The Hall–Kier alpha value is -0.670. The van der Waals surface area contributed by atoms with Crippen molar-refractivity contribution in [1.82, 2.24) is 0 Å². The largest absolute Gasteiger partial charge is 0.457 e. The van der Waals surface area contributed by atoms with Gasteiger partial charge in [0.05, 0.1) is 5.60 Å². The van der Waals surface area contributed by atoms with Gasteiger partial charge >= 0.3 is 18.3 Å². The van der Waals surface area contributed by atoms with E-state index in [2.05, 4.69) is 0 Å². The zero-order valence-electron chi connectivity index (χ0n) is 9.76. The predicted octanol–water partition coefficient (Wildman–Crippen LogP) is 4.01. The van der Waals surface area contributed by atoms with Gasteiger partial charge in [-0.2, -0.15) is 35.1 Å². The fraction of sp³-hybridized carbons (Fsp3) is 1.00. The topological polar surface area (TPSA) is 20.2 Å². The fourth-order valence-corrected chi connectivity index (χ4v) is 1.26. The van der Waals surface area contributed by atoms with Gasteiger partial charge in [0.15, 0.2) is 0 Å². The first-order chi connectivity index (χ1) is 8.02. The second-order valence-electron chi connectivity index (χ2n) is 4.40.